The Morgan fingerprint density at radius 2 is 1.61 bits per heavy atom. The van der Waals surface area contributed by atoms with Gasteiger partial charge in [0, 0.05) is 11.6 Å². The van der Waals surface area contributed by atoms with Gasteiger partial charge in [-0.05, 0) is 34.3 Å². The van der Waals surface area contributed by atoms with E-state index in [9.17, 15) is 0 Å². The molecule has 0 aliphatic carbocycles. The Kier molecular flexibility index (Phi) is 4.04. The van der Waals surface area contributed by atoms with Crippen molar-refractivity contribution in [1.29, 1.82) is 0 Å². The molecule has 1 atom stereocenters. The summed E-state index contributed by atoms with van der Waals surface area (Å²) in [4.78, 5) is 0. The molecule has 1 aliphatic rings. The molecule has 1 heterocycles. The zero-order valence-corrected chi connectivity index (χ0v) is 14.2. The van der Waals surface area contributed by atoms with Crippen LogP contribution >= 0.6 is 0 Å². The third kappa shape index (κ3) is 3.34. The molecule has 0 N–H and O–H groups in total. The van der Waals surface area contributed by atoms with Crippen LogP contribution in [0.5, 0.6) is 0 Å². The highest BCUT2D eigenvalue weighted by Crippen LogP contribution is 2.34. The number of hydrogen-bond acceptors (Lipinski definition) is 0. The lowest BCUT2D eigenvalue weighted by atomic mass is 9.83. The van der Waals surface area contributed by atoms with E-state index in [1.54, 1.807) is 0 Å². The molecule has 1 aliphatic heterocycles. The summed E-state index contributed by atoms with van der Waals surface area (Å²) in [5.41, 5.74) is 5.26. The second kappa shape index (κ2) is 6.00. The molecule has 0 radical (unpaired) electrons. The minimum atomic E-state index is 0.146. The molecule has 0 bridgehead atoms. The van der Waals surface area contributed by atoms with Gasteiger partial charge in [-0.3, -0.25) is 0 Å². The van der Waals surface area contributed by atoms with Crippen LogP contribution in [0.4, 0.5) is 0 Å². The highest BCUT2D eigenvalue weighted by atomic mass is 15.0. The molecule has 3 rings (SSSR count). The quantitative estimate of drug-likeness (QED) is 0.634. The first-order valence-corrected chi connectivity index (χ1v) is 8.10. The van der Waals surface area contributed by atoms with E-state index in [1.165, 1.54) is 22.3 Å². The van der Waals surface area contributed by atoms with Gasteiger partial charge >= 0.3 is 0 Å². The first-order chi connectivity index (χ1) is 10.9. The van der Waals surface area contributed by atoms with Gasteiger partial charge in [0.05, 0.1) is 0 Å². The largest absolute Gasteiger partial charge is 0.202 e. The molecule has 1 heteroatoms. The minimum Gasteiger partial charge on any atom is -0.201 e. The molecule has 116 valence electrons. The number of hydrogen-bond donors (Lipinski definition) is 0. The third-order valence-corrected chi connectivity index (χ3v) is 4.34. The topological polar surface area (TPSA) is 3.01 Å². The van der Waals surface area contributed by atoms with Crippen molar-refractivity contribution >= 4 is 6.72 Å². The van der Waals surface area contributed by atoms with Gasteiger partial charge in [-0.25, -0.2) is 4.58 Å². The second-order valence-corrected chi connectivity index (χ2v) is 7.14. The fourth-order valence-corrected chi connectivity index (χ4v) is 2.91. The standard InChI is InChI=1S/C22H24N/c1-22(2,3)20-13-14-23(4)21(16-20)19-12-8-11-18(15-19)17-9-6-5-7-10-17/h5-16,21H,4H2,1-3H3/q+1. The molecule has 0 spiro atoms. The van der Waals surface area contributed by atoms with Crippen LogP contribution in [0.25, 0.3) is 11.1 Å². The Morgan fingerprint density at radius 1 is 0.913 bits per heavy atom. The van der Waals surface area contributed by atoms with E-state index in [2.05, 4.69) is 100 Å². The van der Waals surface area contributed by atoms with Gasteiger partial charge in [0.15, 0.2) is 6.20 Å². The Hall–Kier alpha value is -2.41. The molecule has 0 amide bonds. The van der Waals surface area contributed by atoms with Gasteiger partial charge in [0.1, 0.15) is 6.72 Å². The maximum absolute atomic E-state index is 4.18. The zero-order chi connectivity index (χ0) is 16.4. The molecular weight excluding hydrogens is 278 g/mol. The highest BCUT2D eigenvalue weighted by Gasteiger charge is 2.26. The van der Waals surface area contributed by atoms with Crippen LogP contribution in [0.3, 0.4) is 0 Å². The lowest BCUT2D eigenvalue weighted by Crippen LogP contribution is -2.18. The molecule has 0 fully saturated rings. The fourth-order valence-electron chi connectivity index (χ4n) is 2.91. The summed E-state index contributed by atoms with van der Waals surface area (Å²) in [6.07, 6.45) is 6.59. The van der Waals surface area contributed by atoms with Crippen molar-refractivity contribution < 1.29 is 4.58 Å². The number of nitrogens with zero attached hydrogens (tertiary/aromatic N) is 1. The smallest absolute Gasteiger partial charge is 0.201 e. The van der Waals surface area contributed by atoms with E-state index in [-0.39, 0.29) is 11.5 Å². The van der Waals surface area contributed by atoms with Gasteiger partial charge in [-0.15, -0.1) is 0 Å². The lowest BCUT2D eigenvalue weighted by molar-refractivity contribution is -0.486. The van der Waals surface area contributed by atoms with Crippen molar-refractivity contribution in [3.05, 3.63) is 84.1 Å². The molecule has 0 saturated heterocycles. The lowest BCUT2D eigenvalue weighted by Gasteiger charge is -2.24. The summed E-state index contributed by atoms with van der Waals surface area (Å²) in [6, 6.07) is 19.4. The van der Waals surface area contributed by atoms with Gasteiger partial charge in [-0.1, -0.05) is 69.3 Å². The van der Waals surface area contributed by atoms with Crippen molar-refractivity contribution in [2.45, 2.75) is 26.8 Å². The molecule has 2 aromatic carbocycles. The average Bonchev–Trinajstić information content (AvgIpc) is 2.55. The van der Waals surface area contributed by atoms with Crippen LogP contribution in [0.1, 0.15) is 32.4 Å². The third-order valence-electron chi connectivity index (χ3n) is 4.34. The Morgan fingerprint density at radius 3 is 2.30 bits per heavy atom. The van der Waals surface area contributed by atoms with E-state index < -0.39 is 0 Å². The SMILES string of the molecule is C=[N+]1C=CC(C(C)(C)C)=CC1c1cccc(-c2ccccc2)c1. The van der Waals surface area contributed by atoms with Crippen LogP contribution < -0.4 is 0 Å². The summed E-state index contributed by atoms with van der Waals surface area (Å²) >= 11 is 0. The van der Waals surface area contributed by atoms with Crippen molar-refractivity contribution in [3.8, 4) is 11.1 Å². The van der Waals surface area contributed by atoms with E-state index >= 15 is 0 Å². The first kappa shape index (κ1) is 15.5. The highest BCUT2D eigenvalue weighted by molar-refractivity contribution is 5.64. The van der Waals surface area contributed by atoms with E-state index in [4.69, 9.17) is 0 Å². The summed E-state index contributed by atoms with van der Waals surface area (Å²) < 4.78 is 2.03. The van der Waals surface area contributed by atoms with Crippen LogP contribution in [0, 0.1) is 5.41 Å². The van der Waals surface area contributed by atoms with Gasteiger partial charge in [0.2, 0.25) is 6.04 Å². The number of benzene rings is 2. The van der Waals surface area contributed by atoms with Crippen LogP contribution in [0.15, 0.2) is 78.5 Å². The summed E-state index contributed by atoms with van der Waals surface area (Å²) in [6.45, 7) is 10.9. The monoisotopic (exact) mass is 302 g/mol. The predicted octanol–water partition coefficient (Wildman–Crippen LogP) is 5.61. The first-order valence-electron chi connectivity index (χ1n) is 8.10. The van der Waals surface area contributed by atoms with Crippen molar-refractivity contribution in [2.24, 2.45) is 5.41 Å². The van der Waals surface area contributed by atoms with Gasteiger partial charge in [-0.2, -0.15) is 0 Å². The fraction of sp³-hybridized carbons (Fsp3) is 0.227. The van der Waals surface area contributed by atoms with E-state index in [1.807, 2.05) is 4.58 Å². The summed E-state index contributed by atoms with van der Waals surface area (Å²) in [5, 5.41) is 0. The Labute approximate surface area is 139 Å². The predicted molar refractivity (Wildman–Crippen MR) is 98.7 cm³/mol. The minimum absolute atomic E-state index is 0.146. The molecule has 1 nitrogen and oxygen atoms in total. The Bertz CT molecular complexity index is 773. The van der Waals surface area contributed by atoms with Gasteiger partial charge in [0.25, 0.3) is 0 Å². The van der Waals surface area contributed by atoms with E-state index in [0.717, 1.165) is 0 Å². The average molecular weight is 302 g/mol. The maximum Gasteiger partial charge on any atom is 0.202 e. The normalized spacial score (nSPS) is 18.0. The van der Waals surface area contributed by atoms with Crippen LogP contribution in [-0.4, -0.2) is 11.3 Å². The molecule has 1 unspecified atom stereocenters. The van der Waals surface area contributed by atoms with Gasteiger partial charge < -0.3 is 0 Å². The molecular formula is C22H24N+. The van der Waals surface area contributed by atoms with Crippen LogP contribution in [-0.2, 0) is 0 Å². The molecule has 0 saturated carbocycles. The number of allylic oxidation sites excluding steroid dienone is 2. The molecule has 23 heavy (non-hydrogen) atoms. The van der Waals surface area contributed by atoms with Crippen molar-refractivity contribution in [2.75, 3.05) is 0 Å². The Balaban J connectivity index is 2.00. The zero-order valence-electron chi connectivity index (χ0n) is 14.2. The molecule has 2 aromatic rings. The summed E-state index contributed by atoms with van der Waals surface area (Å²) in [7, 11) is 0. The van der Waals surface area contributed by atoms with Crippen LogP contribution in [0.2, 0.25) is 0 Å². The molecule has 0 aromatic heterocycles. The summed E-state index contributed by atoms with van der Waals surface area (Å²) in [5.74, 6) is 0. The van der Waals surface area contributed by atoms with Crippen molar-refractivity contribution in [1.82, 2.24) is 0 Å². The maximum atomic E-state index is 4.18. The van der Waals surface area contributed by atoms with Crippen molar-refractivity contribution in [3.63, 3.8) is 0 Å². The van der Waals surface area contributed by atoms with E-state index in [0.29, 0.717) is 0 Å². The number of rotatable bonds is 2. The second-order valence-electron chi connectivity index (χ2n) is 7.14.